The molecule has 0 aliphatic rings. The van der Waals surface area contributed by atoms with Crippen molar-refractivity contribution in [2.45, 2.75) is 63.8 Å². The first-order chi connectivity index (χ1) is 14.6. The molecule has 2 rings (SSSR count). The highest BCUT2D eigenvalue weighted by Gasteiger charge is 2.28. The fourth-order valence-electron chi connectivity index (χ4n) is 3.50. The van der Waals surface area contributed by atoms with Gasteiger partial charge in [0.1, 0.15) is 11.4 Å². The minimum atomic E-state index is -1.39. The number of alkyl halides is 1. The first-order valence-electron chi connectivity index (χ1n) is 10.9. The zero-order valence-corrected chi connectivity index (χ0v) is 18.4. The molecule has 0 saturated heterocycles. The van der Waals surface area contributed by atoms with Crippen LogP contribution >= 0.6 is 0 Å². The van der Waals surface area contributed by atoms with Crippen molar-refractivity contribution in [3.05, 3.63) is 65.7 Å². The molecule has 0 aromatic heterocycles. The lowest BCUT2D eigenvalue weighted by Crippen LogP contribution is -2.41. The van der Waals surface area contributed by atoms with E-state index in [9.17, 15) is 19.4 Å². The van der Waals surface area contributed by atoms with Crippen LogP contribution in [-0.4, -0.2) is 40.5 Å². The van der Waals surface area contributed by atoms with Crippen LogP contribution in [-0.2, 0) is 17.6 Å². The summed E-state index contributed by atoms with van der Waals surface area (Å²) in [6.07, 6.45) is 1.01. The number of amides is 1. The molecule has 0 radical (unpaired) electrons. The summed E-state index contributed by atoms with van der Waals surface area (Å²) < 4.78 is 14.1. The number of aliphatic hydroxyl groups is 1. The summed E-state index contributed by atoms with van der Waals surface area (Å²) in [6, 6.07) is 16.0. The molecule has 0 unspecified atom stereocenters. The van der Waals surface area contributed by atoms with Crippen LogP contribution in [0.3, 0.4) is 0 Å². The van der Waals surface area contributed by atoms with E-state index in [1.54, 1.807) is 24.3 Å². The summed E-state index contributed by atoms with van der Waals surface area (Å²) in [6.45, 7) is 3.40. The maximum absolute atomic E-state index is 14.1. The van der Waals surface area contributed by atoms with E-state index < -0.39 is 23.7 Å². The van der Waals surface area contributed by atoms with Crippen LogP contribution in [0.4, 0.5) is 4.39 Å². The Bertz CT molecular complexity index is 791. The number of phenols is 1. The molecule has 0 saturated carbocycles. The van der Waals surface area contributed by atoms with Crippen molar-refractivity contribution in [3.8, 4) is 5.75 Å². The van der Waals surface area contributed by atoms with E-state index in [1.807, 2.05) is 30.3 Å². The SMILES string of the molecule is CC(C)(F)CC[C@H](C[C@H](O)[C@@H](N)Cc1ccccc1)C(=O)NCCc1ccc(O)cc1. The quantitative estimate of drug-likeness (QED) is 0.414. The van der Waals surface area contributed by atoms with Crippen LogP contribution < -0.4 is 11.1 Å². The van der Waals surface area contributed by atoms with Gasteiger partial charge in [-0.25, -0.2) is 4.39 Å². The molecular weight excluding hydrogens is 395 g/mol. The van der Waals surface area contributed by atoms with E-state index in [4.69, 9.17) is 5.73 Å². The summed E-state index contributed by atoms with van der Waals surface area (Å²) in [5.41, 5.74) is 6.82. The Morgan fingerprint density at radius 3 is 2.35 bits per heavy atom. The molecule has 3 atom stereocenters. The van der Waals surface area contributed by atoms with E-state index in [1.165, 1.54) is 13.8 Å². The number of phenolic OH excluding ortho intramolecular Hbond substituents is 1. The van der Waals surface area contributed by atoms with Gasteiger partial charge in [-0.05, 0) is 69.2 Å². The number of aliphatic hydroxyl groups excluding tert-OH is 1. The second-order valence-electron chi connectivity index (χ2n) is 8.82. The number of carbonyl (C=O) groups excluding carboxylic acids is 1. The summed E-state index contributed by atoms with van der Waals surface area (Å²) in [5, 5.41) is 22.9. The van der Waals surface area contributed by atoms with Gasteiger partial charge < -0.3 is 21.3 Å². The molecule has 0 fully saturated rings. The maximum atomic E-state index is 14.1. The van der Waals surface area contributed by atoms with Crippen molar-refractivity contribution >= 4 is 5.91 Å². The summed E-state index contributed by atoms with van der Waals surface area (Å²) in [7, 11) is 0. The molecule has 5 N–H and O–H groups in total. The molecular formula is C25H35FN2O3. The molecule has 1 amide bonds. The van der Waals surface area contributed by atoms with Gasteiger partial charge in [-0.15, -0.1) is 0 Å². The van der Waals surface area contributed by atoms with Crippen LogP contribution in [0.25, 0.3) is 0 Å². The summed E-state index contributed by atoms with van der Waals surface area (Å²) in [4.78, 5) is 12.8. The Kier molecular flexibility index (Phi) is 9.46. The van der Waals surface area contributed by atoms with Gasteiger partial charge in [-0.3, -0.25) is 4.79 Å². The van der Waals surface area contributed by atoms with E-state index in [2.05, 4.69) is 5.32 Å². The molecule has 0 aliphatic carbocycles. The number of carbonyl (C=O) groups is 1. The Morgan fingerprint density at radius 1 is 1.10 bits per heavy atom. The number of aromatic hydroxyl groups is 1. The summed E-state index contributed by atoms with van der Waals surface area (Å²) >= 11 is 0. The number of hydrogen-bond acceptors (Lipinski definition) is 4. The minimum Gasteiger partial charge on any atom is -0.508 e. The molecule has 5 nitrogen and oxygen atoms in total. The highest BCUT2D eigenvalue weighted by atomic mass is 19.1. The Labute approximate surface area is 184 Å². The van der Waals surface area contributed by atoms with Crippen LogP contribution in [0.15, 0.2) is 54.6 Å². The van der Waals surface area contributed by atoms with Crippen LogP contribution in [0, 0.1) is 5.92 Å². The van der Waals surface area contributed by atoms with Crippen molar-refractivity contribution in [1.29, 1.82) is 0 Å². The van der Waals surface area contributed by atoms with Gasteiger partial charge in [0.25, 0.3) is 0 Å². The van der Waals surface area contributed by atoms with Crippen molar-refractivity contribution in [2.75, 3.05) is 6.54 Å². The smallest absolute Gasteiger partial charge is 0.223 e. The number of rotatable bonds is 12. The number of nitrogens with one attached hydrogen (secondary N) is 1. The van der Waals surface area contributed by atoms with Gasteiger partial charge in [-0.1, -0.05) is 42.5 Å². The van der Waals surface area contributed by atoms with Gasteiger partial charge in [0, 0.05) is 18.5 Å². The lowest BCUT2D eigenvalue weighted by atomic mass is 9.88. The number of hydrogen-bond donors (Lipinski definition) is 4. The van der Waals surface area contributed by atoms with Crippen LogP contribution in [0.2, 0.25) is 0 Å². The van der Waals surface area contributed by atoms with Crippen molar-refractivity contribution in [3.63, 3.8) is 0 Å². The van der Waals surface area contributed by atoms with Gasteiger partial charge in [0.15, 0.2) is 0 Å². The van der Waals surface area contributed by atoms with Crippen molar-refractivity contribution < 1.29 is 19.4 Å². The molecule has 31 heavy (non-hydrogen) atoms. The normalized spacial score (nSPS) is 14.6. The van der Waals surface area contributed by atoms with E-state index in [-0.39, 0.29) is 24.5 Å². The third-order valence-electron chi connectivity index (χ3n) is 5.44. The third-order valence-corrected chi connectivity index (χ3v) is 5.44. The molecule has 0 heterocycles. The minimum absolute atomic E-state index is 0.190. The first kappa shape index (κ1) is 24.8. The largest absolute Gasteiger partial charge is 0.508 e. The molecule has 0 spiro atoms. The number of halogens is 1. The lowest BCUT2D eigenvalue weighted by molar-refractivity contribution is -0.126. The average Bonchev–Trinajstić information content (AvgIpc) is 2.72. The zero-order valence-electron chi connectivity index (χ0n) is 18.4. The number of benzene rings is 2. The predicted octanol–water partition coefficient (Wildman–Crippen LogP) is 3.52. The Balaban J connectivity index is 1.92. The maximum Gasteiger partial charge on any atom is 0.223 e. The highest BCUT2D eigenvalue weighted by Crippen LogP contribution is 2.24. The zero-order chi connectivity index (χ0) is 22.9. The second kappa shape index (κ2) is 11.8. The predicted molar refractivity (Wildman–Crippen MR) is 121 cm³/mol. The molecule has 0 aliphatic heterocycles. The molecule has 0 bridgehead atoms. The third kappa shape index (κ3) is 9.49. The Morgan fingerprint density at radius 2 is 1.74 bits per heavy atom. The molecule has 2 aromatic carbocycles. The van der Waals surface area contributed by atoms with Crippen LogP contribution in [0.1, 0.15) is 44.2 Å². The lowest BCUT2D eigenvalue weighted by Gasteiger charge is -2.25. The molecule has 2 aromatic rings. The van der Waals surface area contributed by atoms with Gasteiger partial charge in [-0.2, -0.15) is 0 Å². The first-order valence-corrected chi connectivity index (χ1v) is 10.9. The van der Waals surface area contributed by atoms with E-state index in [0.29, 0.717) is 25.8 Å². The summed E-state index contributed by atoms with van der Waals surface area (Å²) in [5.74, 6) is -0.525. The standard InChI is InChI=1S/C25H35FN2O3/c1-25(2,26)14-12-20(17-23(30)22(27)16-19-6-4-3-5-7-19)24(31)28-15-13-18-8-10-21(29)11-9-18/h3-11,20,22-23,29-30H,12-17,27H2,1-2H3,(H,28,31)/t20-,22+,23+/m1/s1. The Hall–Kier alpha value is -2.44. The molecule has 6 heteroatoms. The van der Waals surface area contributed by atoms with E-state index >= 15 is 0 Å². The number of nitrogens with two attached hydrogens (primary N) is 1. The second-order valence-corrected chi connectivity index (χ2v) is 8.82. The van der Waals surface area contributed by atoms with Crippen molar-refractivity contribution in [1.82, 2.24) is 5.32 Å². The fraction of sp³-hybridized carbons (Fsp3) is 0.480. The highest BCUT2D eigenvalue weighted by molar-refractivity contribution is 5.78. The van der Waals surface area contributed by atoms with Crippen LogP contribution in [0.5, 0.6) is 5.75 Å². The monoisotopic (exact) mass is 430 g/mol. The average molecular weight is 431 g/mol. The molecule has 170 valence electrons. The van der Waals surface area contributed by atoms with Gasteiger partial charge in [0.2, 0.25) is 5.91 Å². The topological polar surface area (TPSA) is 95.6 Å². The van der Waals surface area contributed by atoms with Crippen molar-refractivity contribution in [2.24, 2.45) is 11.7 Å². The van der Waals surface area contributed by atoms with Gasteiger partial charge >= 0.3 is 0 Å². The fourth-order valence-corrected chi connectivity index (χ4v) is 3.50. The van der Waals surface area contributed by atoms with Gasteiger partial charge in [0.05, 0.1) is 6.10 Å². The van der Waals surface area contributed by atoms with E-state index in [0.717, 1.165) is 11.1 Å².